The Bertz CT molecular complexity index is 951. The molecule has 1 aliphatic heterocycles. The summed E-state index contributed by atoms with van der Waals surface area (Å²) in [6, 6.07) is 14.9. The first-order chi connectivity index (χ1) is 12.7. The number of hydrogen-bond acceptors (Lipinski definition) is 5. The molecule has 0 atom stereocenters. The average molecular weight is 348 g/mol. The van der Waals surface area contributed by atoms with Crippen LogP contribution in [-0.2, 0) is 0 Å². The molecule has 0 spiro atoms. The SMILES string of the molecule is COc1cccc(NC(=O)c2nc3ccccc3nc2N2CCCC2)c1. The molecule has 0 saturated carbocycles. The Morgan fingerprint density at radius 2 is 1.77 bits per heavy atom. The van der Waals surface area contributed by atoms with Gasteiger partial charge in [-0.2, -0.15) is 0 Å². The molecule has 0 aliphatic carbocycles. The van der Waals surface area contributed by atoms with Gasteiger partial charge in [0.1, 0.15) is 5.75 Å². The second kappa shape index (κ2) is 7.00. The lowest BCUT2D eigenvalue weighted by Crippen LogP contribution is -2.25. The molecular formula is C20H20N4O2. The molecule has 26 heavy (non-hydrogen) atoms. The molecule has 1 aromatic heterocycles. The van der Waals surface area contributed by atoms with E-state index in [0.29, 0.717) is 28.5 Å². The zero-order valence-corrected chi connectivity index (χ0v) is 14.6. The van der Waals surface area contributed by atoms with Crippen LogP contribution < -0.4 is 15.0 Å². The van der Waals surface area contributed by atoms with Gasteiger partial charge in [-0.3, -0.25) is 4.79 Å². The smallest absolute Gasteiger partial charge is 0.278 e. The van der Waals surface area contributed by atoms with E-state index in [-0.39, 0.29) is 5.91 Å². The van der Waals surface area contributed by atoms with E-state index in [0.717, 1.165) is 31.4 Å². The molecule has 4 rings (SSSR count). The van der Waals surface area contributed by atoms with Gasteiger partial charge in [-0.05, 0) is 37.1 Å². The Morgan fingerprint density at radius 3 is 2.50 bits per heavy atom. The summed E-state index contributed by atoms with van der Waals surface area (Å²) in [5, 5.41) is 2.91. The van der Waals surface area contributed by atoms with Gasteiger partial charge in [0.15, 0.2) is 11.5 Å². The minimum Gasteiger partial charge on any atom is -0.497 e. The Kier molecular flexibility index (Phi) is 4.39. The lowest BCUT2D eigenvalue weighted by atomic mass is 10.2. The summed E-state index contributed by atoms with van der Waals surface area (Å²) in [5.41, 5.74) is 2.53. The topological polar surface area (TPSA) is 67.3 Å². The summed E-state index contributed by atoms with van der Waals surface area (Å²) in [4.78, 5) is 24.4. The summed E-state index contributed by atoms with van der Waals surface area (Å²) in [6.07, 6.45) is 2.21. The second-order valence-corrected chi connectivity index (χ2v) is 6.26. The van der Waals surface area contributed by atoms with Crippen molar-refractivity contribution in [2.24, 2.45) is 0 Å². The van der Waals surface area contributed by atoms with Crippen LogP contribution in [0.15, 0.2) is 48.5 Å². The van der Waals surface area contributed by atoms with Gasteiger partial charge in [-0.25, -0.2) is 9.97 Å². The fourth-order valence-corrected chi connectivity index (χ4v) is 3.18. The molecule has 1 aliphatic rings. The van der Waals surface area contributed by atoms with Gasteiger partial charge in [0, 0.05) is 24.8 Å². The van der Waals surface area contributed by atoms with Crippen LogP contribution in [0.2, 0.25) is 0 Å². The first-order valence-corrected chi connectivity index (χ1v) is 8.72. The standard InChI is InChI=1S/C20H20N4O2/c1-26-15-8-6-7-14(13-15)21-20(25)18-19(24-11-4-5-12-24)23-17-10-3-2-9-16(17)22-18/h2-3,6-10,13H,4-5,11-12H2,1H3,(H,21,25). The Labute approximate surface area is 151 Å². The van der Waals surface area contributed by atoms with Crippen molar-refractivity contribution < 1.29 is 9.53 Å². The minimum absolute atomic E-state index is 0.265. The molecular weight excluding hydrogens is 328 g/mol. The van der Waals surface area contributed by atoms with Crippen molar-refractivity contribution in [2.75, 3.05) is 30.4 Å². The lowest BCUT2D eigenvalue weighted by molar-refractivity contribution is 0.102. The van der Waals surface area contributed by atoms with E-state index in [9.17, 15) is 4.79 Å². The highest BCUT2D eigenvalue weighted by Gasteiger charge is 2.23. The van der Waals surface area contributed by atoms with E-state index < -0.39 is 0 Å². The number of carbonyl (C=O) groups is 1. The van der Waals surface area contributed by atoms with Crippen molar-refractivity contribution in [3.05, 3.63) is 54.2 Å². The molecule has 2 heterocycles. The number of carbonyl (C=O) groups excluding carboxylic acids is 1. The minimum atomic E-state index is -0.265. The fraction of sp³-hybridized carbons (Fsp3) is 0.250. The molecule has 1 saturated heterocycles. The van der Waals surface area contributed by atoms with E-state index in [1.54, 1.807) is 13.2 Å². The number of ether oxygens (including phenoxy) is 1. The third kappa shape index (κ3) is 3.18. The number of nitrogens with zero attached hydrogens (tertiary/aromatic N) is 3. The van der Waals surface area contributed by atoms with Gasteiger partial charge in [0.25, 0.3) is 5.91 Å². The van der Waals surface area contributed by atoms with Crippen LogP contribution in [-0.4, -0.2) is 36.1 Å². The number of amides is 1. The monoisotopic (exact) mass is 348 g/mol. The molecule has 6 nitrogen and oxygen atoms in total. The molecule has 0 bridgehead atoms. The van der Waals surface area contributed by atoms with E-state index in [1.807, 2.05) is 42.5 Å². The Morgan fingerprint density at radius 1 is 1.04 bits per heavy atom. The van der Waals surface area contributed by atoms with Gasteiger partial charge in [-0.1, -0.05) is 18.2 Å². The second-order valence-electron chi connectivity index (χ2n) is 6.26. The molecule has 1 fully saturated rings. The number of methoxy groups -OCH3 is 1. The highest BCUT2D eigenvalue weighted by atomic mass is 16.5. The van der Waals surface area contributed by atoms with Crippen molar-refractivity contribution >= 4 is 28.4 Å². The summed E-state index contributed by atoms with van der Waals surface area (Å²) in [7, 11) is 1.60. The van der Waals surface area contributed by atoms with Crippen LogP contribution in [0.4, 0.5) is 11.5 Å². The number of nitrogens with one attached hydrogen (secondary N) is 1. The summed E-state index contributed by atoms with van der Waals surface area (Å²) in [5.74, 6) is 1.08. The third-order valence-electron chi connectivity index (χ3n) is 4.50. The number of rotatable bonds is 4. The maximum absolute atomic E-state index is 13.0. The van der Waals surface area contributed by atoms with Gasteiger partial charge in [0.05, 0.1) is 18.1 Å². The molecule has 1 amide bonds. The average Bonchev–Trinajstić information content (AvgIpc) is 3.21. The quantitative estimate of drug-likeness (QED) is 0.782. The summed E-state index contributed by atoms with van der Waals surface area (Å²) >= 11 is 0. The molecule has 132 valence electrons. The zero-order valence-electron chi connectivity index (χ0n) is 14.6. The van der Waals surface area contributed by atoms with E-state index in [1.165, 1.54) is 0 Å². The van der Waals surface area contributed by atoms with Crippen LogP contribution in [0.3, 0.4) is 0 Å². The first kappa shape index (κ1) is 16.3. The van der Waals surface area contributed by atoms with Crippen molar-refractivity contribution in [3.63, 3.8) is 0 Å². The van der Waals surface area contributed by atoms with Crippen LogP contribution in [0.5, 0.6) is 5.75 Å². The van der Waals surface area contributed by atoms with Crippen LogP contribution in [0.1, 0.15) is 23.3 Å². The van der Waals surface area contributed by atoms with Gasteiger partial charge >= 0.3 is 0 Å². The van der Waals surface area contributed by atoms with Gasteiger partial charge < -0.3 is 15.0 Å². The molecule has 2 aromatic carbocycles. The number of anilines is 2. The predicted molar refractivity (Wildman–Crippen MR) is 102 cm³/mol. The molecule has 1 N–H and O–H groups in total. The van der Waals surface area contributed by atoms with Gasteiger partial charge in [-0.15, -0.1) is 0 Å². The number of fused-ring (bicyclic) bond motifs is 1. The first-order valence-electron chi connectivity index (χ1n) is 8.72. The summed E-state index contributed by atoms with van der Waals surface area (Å²) < 4.78 is 5.22. The lowest BCUT2D eigenvalue weighted by Gasteiger charge is -2.19. The van der Waals surface area contributed by atoms with Crippen molar-refractivity contribution in [1.82, 2.24) is 9.97 Å². The van der Waals surface area contributed by atoms with E-state index >= 15 is 0 Å². The van der Waals surface area contributed by atoms with Crippen LogP contribution in [0.25, 0.3) is 11.0 Å². The van der Waals surface area contributed by atoms with Crippen LogP contribution in [0, 0.1) is 0 Å². The maximum Gasteiger partial charge on any atom is 0.278 e. The highest BCUT2D eigenvalue weighted by Crippen LogP contribution is 2.25. The number of hydrogen-bond donors (Lipinski definition) is 1. The molecule has 6 heteroatoms. The van der Waals surface area contributed by atoms with Gasteiger partial charge in [0.2, 0.25) is 0 Å². The third-order valence-corrected chi connectivity index (χ3v) is 4.50. The van der Waals surface area contributed by atoms with E-state index in [4.69, 9.17) is 9.72 Å². The largest absolute Gasteiger partial charge is 0.497 e. The maximum atomic E-state index is 13.0. The zero-order chi connectivity index (χ0) is 17.9. The predicted octanol–water partition coefficient (Wildman–Crippen LogP) is 3.49. The fourth-order valence-electron chi connectivity index (χ4n) is 3.18. The van der Waals surface area contributed by atoms with Crippen molar-refractivity contribution in [3.8, 4) is 5.75 Å². The Balaban J connectivity index is 1.73. The highest BCUT2D eigenvalue weighted by molar-refractivity contribution is 6.07. The van der Waals surface area contributed by atoms with Crippen molar-refractivity contribution in [2.45, 2.75) is 12.8 Å². The number of para-hydroxylation sites is 2. The summed E-state index contributed by atoms with van der Waals surface area (Å²) in [6.45, 7) is 1.79. The van der Waals surface area contributed by atoms with Crippen molar-refractivity contribution in [1.29, 1.82) is 0 Å². The molecule has 0 radical (unpaired) electrons. The number of benzene rings is 2. The normalized spacial score (nSPS) is 13.8. The number of aromatic nitrogens is 2. The Hall–Kier alpha value is -3.15. The van der Waals surface area contributed by atoms with Crippen LogP contribution >= 0.6 is 0 Å². The molecule has 3 aromatic rings. The molecule has 0 unspecified atom stereocenters. The van der Waals surface area contributed by atoms with E-state index in [2.05, 4.69) is 15.2 Å².